The van der Waals surface area contributed by atoms with Gasteiger partial charge in [0.1, 0.15) is 33.0 Å². The van der Waals surface area contributed by atoms with Gasteiger partial charge < -0.3 is 9.68 Å². The maximum Gasteiger partial charge on any atom is 0.305 e. The van der Waals surface area contributed by atoms with E-state index in [1.807, 2.05) is 0 Å². The maximum absolute atomic E-state index is 11.9. The van der Waals surface area contributed by atoms with Crippen molar-refractivity contribution in [2.45, 2.75) is 0 Å². The summed E-state index contributed by atoms with van der Waals surface area (Å²) in [4.78, 5) is 57.1. The molecule has 104 valence electrons. The average molecular weight is 314 g/mol. The second-order valence-electron chi connectivity index (χ2n) is 3.70. The minimum absolute atomic E-state index is 0.0831. The van der Waals surface area contributed by atoms with Crippen LogP contribution in [0.2, 0.25) is 0 Å². The first-order chi connectivity index (χ1) is 9.51. The van der Waals surface area contributed by atoms with Crippen molar-refractivity contribution >= 4 is 41.5 Å². The normalized spacial score (nSPS) is 11.3. The Morgan fingerprint density at radius 2 is 0.900 bits per heavy atom. The first-order valence-electron chi connectivity index (χ1n) is 5.21. The van der Waals surface area contributed by atoms with Crippen molar-refractivity contribution in [1.82, 2.24) is 9.46 Å². The third-order valence-electron chi connectivity index (χ3n) is 2.70. The Hall–Kier alpha value is -2.20. The predicted octanol–water partition coefficient (Wildman–Crippen LogP) is -1.29. The van der Waals surface area contributed by atoms with Gasteiger partial charge in [-0.2, -0.15) is 0 Å². The van der Waals surface area contributed by atoms with Crippen LogP contribution in [0, 0.1) is 0 Å². The predicted molar refractivity (Wildman–Crippen MR) is 74.5 cm³/mol. The summed E-state index contributed by atoms with van der Waals surface area (Å²) in [5, 5.41) is 0. The van der Waals surface area contributed by atoms with E-state index in [4.69, 9.17) is 0 Å². The van der Waals surface area contributed by atoms with Gasteiger partial charge in [0.2, 0.25) is 0 Å². The van der Waals surface area contributed by atoms with E-state index in [-0.39, 0.29) is 18.8 Å². The van der Waals surface area contributed by atoms with Crippen LogP contribution in [0.4, 0.5) is 0 Å². The van der Waals surface area contributed by atoms with Crippen molar-refractivity contribution < 1.29 is 9.68 Å². The molecule has 0 bridgehead atoms. The van der Waals surface area contributed by atoms with Crippen LogP contribution in [-0.4, -0.2) is 23.7 Å². The van der Waals surface area contributed by atoms with E-state index < -0.39 is 22.2 Å². The summed E-state index contributed by atoms with van der Waals surface area (Å²) in [6, 6.07) is 0. The molecule has 8 nitrogen and oxygen atoms in total. The molecule has 0 aromatic carbocycles. The molecule has 3 aromatic rings. The number of fused-ring (bicyclic) bond motifs is 2. The van der Waals surface area contributed by atoms with Crippen LogP contribution < -0.4 is 31.9 Å². The SMILES string of the molecule is COn1c(=O)c2sc3c(=O)n(OC)c(=O)c3sc2c1=O. The molecule has 0 aliphatic carbocycles. The first-order valence-corrected chi connectivity index (χ1v) is 6.84. The van der Waals surface area contributed by atoms with Gasteiger partial charge in [-0.05, 0) is 0 Å². The van der Waals surface area contributed by atoms with Gasteiger partial charge >= 0.3 is 22.2 Å². The Morgan fingerprint density at radius 3 is 1.10 bits per heavy atom. The number of aromatic nitrogens is 2. The van der Waals surface area contributed by atoms with E-state index in [1.54, 1.807) is 0 Å². The Kier molecular flexibility index (Phi) is 2.66. The van der Waals surface area contributed by atoms with Crippen LogP contribution in [0.5, 0.6) is 0 Å². The highest BCUT2D eigenvalue weighted by atomic mass is 32.1. The molecule has 3 heterocycles. The second kappa shape index (κ2) is 4.15. The zero-order valence-corrected chi connectivity index (χ0v) is 11.8. The lowest BCUT2D eigenvalue weighted by atomic mass is 10.6. The summed E-state index contributed by atoms with van der Waals surface area (Å²) in [7, 11) is 2.38. The molecule has 0 atom stereocenters. The highest BCUT2D eigenvalue weighted by molar-refractivity contribution is 7.36. The number of hydrogen-bond donors (Lipinski definition) is 0. The highest BCUT2D eigenvalue weighted by Gasteiger charge is 2.21. The summed E-state index contributed by atoms with van der Waals surface area (Å²) in [5.41, 5.74) is -2.58. The van der Waals surface area contributed by atoms with Crippen molar-refractivity contribution in [2.24, 2.45) is 0 Å². The van der Waals surface area contributed by atoms with Crippen LogP contribution in [0.1, 0.15) is 0 Å². The molecule has 3 aromatic heterocycles. The molecule has 0 amide bonds. The van der Waals surface area contributed by atoms with Gasteiger partial charge in [0.15, 0.2) is 0 Å². The monoisotopic (exact) mass is 314 g/mol. The average Bonchev–Trinajstić information content (AvgIpc) is 2.82. The lowest BCUT2D eigenvalue weighted by molar-refractivity contribution is 0.153. The van der Waals surface area contributed by atoms with Crippen LogP contribution in [-0.2, 0) is 0 Å². The lowest BCUT2D eigenvalue weighted by Crippen LogP contribution is -2.30. The molecular formula is C10H6N2O6S2. The Balaban J connectivity index is 2.64. The molecule has 0 spiro atoms. The molecule has 0 aliphatic heterocycles. The third kappa shape index (κ3) is 1.40. The fourth-order valence-corrected chi connectivity index (χ4v) is 4.15. The molecule has 0 saturated carbocycles. The largest absolute Gasteiger partial charge is 0.410 e. The summed E-state index contributed by atoms with van der Waals surface area (Å²) < 4.78 is 1.52. The molecule has 0 unspecified atom stereocenters. The van der Waals surface area contributed by atoms with Crippen LogP contribution in [0.3, 0.4) is 0 Å². The molecule has 3 rings (SSSR count). The summed E-state index contributed by atoms with van der Waals surface area (Å²) in [5.74, 6) is 0. The van der Waals surface area contributed by atoms with E-state index in [9.17, 15) is 19.2 Å². The van der Waals surface area contributed by atoms with Crippen molar-refractivity contribution in [3.8, 4) is 0 Å². The molecule has 10 heteroatoms. The quantitative estimate of drug-likeness (QED) is 0.584. The van der Waals surface area contributed by atoms with E-state index in [0.29, 0.717) is 9.46 Å². The van der Waals surface area contributed by atoms with Crippen LogP contribution in [0.15, 0.2) is 19.2 Å². The Labute approximate surface area is 116 Å². The summed E-state index contributed by atoms with van der Waals surface area (Å²) in [6.07, 6.45) is 0. The van der Waals surface area contributed by atoms with E-state index in [2.05, 4.69) is 9.68 Å². The van der Waals surface area contributed by atoms with Gasteiger partial charge in [-0.25, -0.2) is 0 Å². The molecule has 0 N–H and O–H groups in total. The number of rotatable bonds is 2. The smallest absolute Gasteiger partial charge is 0.305 e. The zero-order valence-electron chi connectivity index (χ0n) is 10.2. The van der Waals surface area contributed by atoms with Gasteiger partial charge in [0.25, 0.3) is 0 Å². The van der Waals surface area contributed by atoms with Gasteiger partial charge in [-0.3, -0.25) is 19.2 Å². The molecule has 0 fully saturated rings. The van der Waals surface area contributed by atoms with Crippen molar-refractivity contribution in [2.75, 3.05) is 14.2 Å². The minimum Gasteiger partial charge on any atom is -0.410 e. The van der Waals surface area contributed by atoms with E-state index in [0.717, 1.165) is 22.7 Å². The van der Waals surface area contributed by atoms with Crippen molar-refractivity contribution in [1.29, 1.82) is 0 Å². The first kappa shape index (κ1) is 12.8. The Bertz CT molecular complexity index is 895. The van der Waals surface area contributed by atoms with Crippen molar-refractivity contribution in [3.05, 3.63) is 41.4 Å². The zero-order chi connectivity index (χ0) is 14.6. The van der Waals surface area contributed by atoms with Crippen molar-refractivity contribution in [3.63, 3.8) is 0 Å². The summed E-state index contributed by atoms with van der Waals surface area (Å²) in [6.45, 7) is 0. The van der Waals surface area contributed by atoms with Crippen LogP contribution >= 0.6 is 22.7 Å². The van der Waals surface area contributed by atoms with E-state index >= 15 is 0 Å². The molecular weight excluding hydrogens is 308 g/mol. The second-order valence-corrected chi connectivity index (χ2v) is 5.74. The molecule has 0 radical (unpaired) electrons. The molecule has 0 saturated heterocycles. The van der Waals surface area contributed by atoms with E-state index in [1.165, 1.54) is 14.2 Å². The van der Waals surface area contributed by atoms with Gasteiger partial charge in [-0.1, -0.05) is 0 Å². The number of nitrogens with zero attached hydrogens (tertiary/aromatic N) is 2. The third-order valence-corrected chi connectivity index (χ3v) is 5.29. The minimum atomic E-state index is -0.646. The number of hydrogen-bond acceptors (Lipinski definition) is 8. The fraction of sp³-hybridized carbons (Fsp3) is 0.200. The van der Waals surface area contributed by atoms with Gasteiger partial charge in [0, 0.05) is 0 Å². The van der Waals surface area contributed by atoms with Crippen LogP contribution in [0.25, 0.3) is 18.8 Å². The maximum atomic E-state index is 11.9. The fourth-order valence-electron chi connectivity index (χ4n) is 1.84. The summed E-state index contributed by atoms with van der Waals surface area (Å²) >= 11 is 1.58. The van der Waals surface area contributed by atoms with Gasteiger partial charge in [0.05, 0.1) is 0 Å². The van der Waals surface area contributed by atoms with Gasteiger partial charge in [-0.15, -0.1) is 32.1 Å². The lowest BCUT2D eigenvalue weighted by Gasteiger charge is -1.92. The highest BCUT2D eigenvalue weighted by Crippen LogP contribution is 2.25. The topological polar surface area (TPSA) is 96.6 Å². The standard InChI is InChI=1S/C10H6N2O6S2/c1-17-11-7(13)3-4(8(11)14)20-6-5(19-3)9(15)12(18-2)10(6)16/h1-2H3. The Morgan fingerprint density at radius 1 is 0.650 bits per heavy atom. The molecule has 20 heavy (non-hydrogen) atoms. The molecule has 0 aliphatic rings.